The van der Waals surface area contributed by atoms with Crippen LogP contribution in [-0.2, 0) is 9.53 Å². The summed E-state index contributed by atoms with van der Waals surface area (Å²) in [6.45, 7) is 7.34. The lowest BCUT2D eigenvalue weighted by Crippen LogP contribution is -2.07. The molecule has 0 aromatic carbocycles. The van der Waals surface area contributed by atoms with Gasteiger partial charge in [0, 0.05) is 18.9 Å². The Labute approximate surface area is 120 Å². The summed E-state index contributed by atoms with van der Waals surface area (Å²) in [5.41, 5.74) is 2.96. The van der Waals surface area contributed by atoms with E-state index in [4.69, 9.17) is 9.15 Å². The average molecular weight is 272 g/mol. The molecule has 1 unspecified atom stereocenters. The number of furan rings is 1. The van der Waals surface area contributed by atoms with E-state index in [0.29, 0.717) is 6.42 Å². The Bertz CT molecular complexity index is 547. The summed E-state index contributed by atoms with van der Waals surface area (Å²) in [5, 5.41) is 0. The number of allylic oxidation sites excluding steroid dienone is 3. The lowest BCUT2D eigenvalue weighted by atomic mass is 10.1. The third kappa shape index (κ3) is 6.10. The van der Waals surface area contributed by atoms with E-state index in [9.17, 15) is 4.79 Å². The Hall–Kier alpha value is -2.21. The van der Waals surface area contributed by atoms with Crippen molar-refractivity contribution in [3.63, 3.8) is 0 Å². The highest BCUT2D eigenvalue weighted by molar-refractivity contribution is 5.66. The molecule has 0 saturated heterocycles. The molecule has 3 heteroatoms. The van der Waals surface area contributed by atoms with Gasteiger partial charge in [-0.3, -0.25) is 4.79 Å². The van der Waals surface area contributed by atoms with Crippen LogP contribution >= 0.6 is 0 Å². The summed E-state index contributed by atoms with van der Waals surface area (Å²) in [7, 11) is 0. The van der Waals surface area contributed by atoms with Crippen LogP contribution in [0.3, 0.4) is 0 Å². The first-order valence-electron chi connectivity index (χ1n) is 6.50. The summed E-state index contributed by atoms with van der Waals surface area (Å²) in [6.07, 6.45) is 7.24. The fraction of sp³-hybridized carbons (Fsp3) is 0.353. The first-order valence-corrected chi connectivity index (χ1v) is 6.50. The summed E-state index contributed by atoms with van der Waals surface area (Å²) in [6, 6.07) is 1.80. The number of hydrogen-bond donors (Lipinski definition) is 0. The molecule has 0 aliphatic carbocycles. The maximum atomic E-state index is 11.1. The van der Waals surface area contributed by atoms with Crippen LogP contribution in [0, 0.1) is 11.8 Å². The predicted molar refractivity (Wildman–Crippen MR) is 78.8 cm³/mol. The molecule has 0 amide bonds. The van der Waals surface area contributed by atoms with Crippen LogP contribution in [-0.4, -0.2) is 5.97 Å². The van der Waals surface area contributed by atoms with Gasteiger partial charge in [-0.15, -0.1) is 0 Å². The monoisotopic (exact) mass is 272 g/mol. The number of carbonyl (C=O) groups excluding carboxylic acids is 1. The van der Waals surface area contributed by atoms with Crippen LogP contribution in [0.25, 0.3) is 0 Å². The molecule has 0 saturated carbocycles. The maximum Gasteiger partial charge on any atom is 0.303 e. The molecule has 3 nitrogen and oxygen atoms in total. The Balaban J connectivity index is 2.72. The van der Waals surface area contributed by atoms with Gasteiger partial charge >= 0.3 is 5.97 Å². The molecule has 0 fully saturated rings. The first kappa shape index (κ1) is 15.8. The molecular formula is C17H20O3. The van der Waals surface area contributed by atoms with E-state index < -0.39 is 0 Å². The summed E-state index contributed by atoms with van der Waals surface area (Å²) < 4.78 is 10.3. The zero-order chi connectivity index (χ0) is 15.0. The van der Waals surface area contributed by atoms with Gasteiger partial charge in [0.1, 0.15) is 6.10 Å². The van der Waals surface area contributed by atoms with Crippen LogP contribution in [0.1, 0.15) is 45.8 Å². The van der Waals surface area contributed by atoms with Crippen LogP contribution < -0.4 is 0 Å². The van der Waals surface area contributed by atoms with E-state index in [1.165, 1.54) is 12.5 Å². The Morgan fingerprint density at radius 2 is 2.15 bits per heavy atom. The van der Waals surface area contributed by atoms with E-state index in [0.717, 1.165) is 11.1 Å². The molecule has 0 aliphatic heterocycles. The van der Waals surface area contributed by atoms with Crippen molar-refractivity contribution >= 4 is 5.97 Å². The molecule has 1 aromatic heterocycles. The Kier molecular flexibility index (Phi) is 6.39. The van der Waals surface area contributed by atoms with E-state index in [-0.39, 0.29) is 12.1 Å². The van der Waals surface area contributed by atoms with Gasteiger partial charge in [-0.1, -0.05) is 23.5 Å². The number of rotatable bonds is 4. The highest BCUT2D eigenvalue weighted by Crippen LogP contribution is 2.23. The number of carbonyl (C=O) groups is 1. The largest absolute Gasteiger partial charge is 0.472 e. The molecule has 0 aliphatic rings. The highest BCUT2D eigenvalue weighted by Gasteiger charge is 2.14. The van der Waals surface area contributed by atoms with Gasteiger partial charge in [-0.25, -0.2) is 0 Å². The number of esters is 1. The zero-order valence-electron chi connectivity index (χ0n) is 12.4. The van der Waals surface area contributed by atoms with Crippen LogP contribution in [0.2, 0.25) is 0 Å². The summed E-state index contributed by atoms with van der Waals surface area (Å²) >= 11 is 0. The quantitative estimate of drug-likeness (QED) is 0.609. The van der Waals surface area contributed by atoms with Crippen LogP contribution in [0.15, 0.2) is 46.3 Å². The molecular weight excluding hydrogens is 252 g/mol. The van der Waals surface area contributed by atoms with Gasteiger partial charge in [0.2, 0.25) is 0 Å². The standard InChI is InChI=1S/C17H20O3/c1-13(2)6-5-7-14(3)8-9-17(20-15(4)18)16-10-11-19-12-16/h6,8,10-12,17H,9H2,1-4H3. The average Bonchev–Trinajstić information content (AvgIpc) is 2.87. The second-order valence-corrected chi connectivity index (χ2v) is 4.77. The minimum atomic E-state index is -0.327. The van der Waals surface area contributed by atoms with Crippen LogP contribution in [0.5, 0.6) is 0 Å². The third-order valence-electron chi connectivity index (χ3n) is 2.49. The lowest BCUT2D eigenvalue weighted by molar-refractivity contribution is -0.146. The summed E-state index contributed by atoms with van der Waals surface area (Å²) in [5.74, 6) is 5.71. The van der Waals surface area contributed by atoms with E-state index >= 15 is 0 Å². The lowest BCUT2D eigenvalue weighted by Gasteiger charge is -2.13. The Morgan fingerprint density at radius 3 is 2.70 bits per heavy atom. The van der Waals surface area contributed by atoms with Gasteiger partial charge in [-0.05, 0) is 38.5 Å². The number of ether oxygens (including phenoxy) is 1. The molecule has 0 spiro atoms. The van der Waals surface area contributed by atoms with Crippen molar-refractivity contribution in [2.45, 2.75) is 40.2 Å². The summed E-state index contributed by atoms with van der Waals surface area (Å²) in [4.78, 5) is 11.1. The van der Waals surface area contributed by atoms with Crippen molar-refractivity contribution < 1.29 is 13.9 Å². The molecule has 1 aromatic rings. The fourth-order valence-corrected chi connectivity index (χ4v) is 1.54. The molecule has 0 radical (unpaired) electrons. The van der Waals surface area contributed by atoms with Gasteiger partial charge in [0.25, 0.3) is 0 Å². The third-order valence-corrected chi connectivity index (χ3v) is 2.49. The van der Waals surface area contributed by atoms with Crippen molar-refractivity contribution in [3.8, 4) is 11.8 Å². The molecule has 20 heavy (non-hydrogen) atoms. The van der Waals surface area contributed by atoms with Gasteiger partial charge in [0.05, 0.1) is 12.5 Å². The van der Waals surface area contributed by atoms with Crippen molar-refractivity contribution in [2.24, 2.45) is 0 Å². The second kappa shape index (κ2) is 8.06. The fourth-order valence-electron chi connectivity index (χ4n) is 1.54. The molecule has 0 bridgehead atoms. The SMILES string of the molecule is CC(=O)OC(CC=C(C)C#CC=C(C)C)c1ccoc1. The maximum absolute atomic E-state index is 11.1. The Morgan fingerprint density at radius 1 is 1.40 bits per heavy atom. The molecule has 0 N–H and O–H groups in total. The highest BCUT2D eigenvalue weighted by atomic mass is 16.5. The van der Waals surface area contributed by atoms with E-state index in [1.54, 1.807) is 18.6 Å². The van der Waals surface area contributed by atoms with Crippen molar-refractivity contribution in [3.05, 3.63) is 47.5 Å². The van der Waals surface area contributed by atoms with E-state index in [1.807, 2.05) is 32.9 Å². The van der Waals surface area contributed by atoms with Crippen molar-refractivity contribution in [1.82, 2.24) is 0 Å². The molecule has 1 atom stereocenters. The second-order valence-electron chi connectivity index (χ2n) is 4.77. The van der Waals surface area contributed by atoms with E-state index in [2.05, 4.69) is 11.8 Å². The number of hydrogen-bond acceptors (Lipinski definition) is 3. The minimum absolute atomic E-state index is 0.308. The van der Waals surface area contributed by atoms with Gasteiger partial charge < -0.3 is 9.15 Å². The minimum Gasteiger partial charge on any atom is -0.472 e. The zero-order valence-corrected chi connectivity index (χ0v) is 12.4. The molecule has 106 valence electrons. The first-order chi connectivity index (χ1) is 9.49. The topological polar surface area (TPSA) is 39.4 Å². The smallest absolute Gasteiger partial charge is 0.303 e. The predicted octanol–water partition coefficient (Wildman–Crippen LogP) is 4.19. The molecule has 1 rings (SSSR count). The van der Waals surface area contributed by atoms with Gasteiger partial charge in [-0.2, -0.15) is 0 Å². The van der Waals surface area contributed by atoms with Crippen molar-refractivity contribution in [2.75, 3.05) is 0 Å². The van der Waals surface area contributed by atoms with Crippen molar-refractivity contribution in [1.29, 1.82) is 0 Å². The van der Waals surface area contributed by atoms with Crippen LogP contribution in [0.4, 0.5) is 0 Å². The molecule has 1 heterocycles. The normalized spacial score (nSPS) is 12.1. The van der Waals surface area contributed by atoms with Gasteiger partial charge in [0.15, 0.2) is 0 Å².